The van der Waals surface area contributed by atoms with Gasteiger partial charge in [0, 0.05) is 38.5 Å². The van der Waals surface area contributed by atoms with Crippen molar-refractivity contribution in [1.82, 2.24) is 5.32 Å². The molecule has 0 saturated carbocycles. The molecule has 0 saturated heterocycles. The molecule has 0 aliphatic carbocycles. The molecule has 6 nitrogen and oxygen atoms in total. The van der Waals surface area contributed by atoms with Crippen LogP contribution in [0.5, 0.6) is 0 Å². The van der Waals surface area contributed by atoms with E-state index in [0.29, 0.717) is 58.4 Å². The van der Waals surface area contributed by atoms with Crippen molar-refractivity contribution in [2.75, 3.05) is 51.9 Å². The number of unbranched alkanes of at least 4 members (excludes halogenated alkanes) is 14. The molecule has 38 heavy (non-hydrogen) atoms. The van der Waals surface area contributed by atoms with E-state index >= 15 is 0 Å². The van der Waals surface area contributed by atoms with E-state index in [2.05, 4.69) is 24.1 Å². The standard InChI is InChI=1S/C31H57NO5S/c1-3-4-5-6-7-8-9-10-11-12-13-14-15-16-17-18-19-20-21-31(34)32-22-23-35-24-25-36-26-27-37-28-29-38-30(2)33/h3-11,14-29H2,1-2H3,(H,32,34). The van der Waals surface area contributed by atoms with Gasteiger partial charge in [0.2, 0.25) is 5.91 Å². The zero-order valence-corrected chi connectivity index (χ0v) is 25.4. The predicted octanol–water partition coefficient (Wildman–Crippen LogP) is 7.09. The number of rotatable bonds is 28. The minimum atomic E-state index is 0.108. The van der Waals surface area contributed by atoms with E-state index in [9.17, 15) is 9.59 Å². The first-order valence-electron chi connectivity index (χ1n) is 15.3. The zero-order valence-electron chi connectivity index (χ0n) is 24.6. The fraction of sp³-hybridized carbons (Fsp3) is 0.871. The Hall–Kier alpha value is -1.07. The molecule has 0 bridgehead atoms. The molecule has 1 amide bonds. The summed E-state index contributed by atoms with van der Waals surface area (Å²) in [6.45, 7) is 7.45. The summed E-state index contributed by atoms with van der Waals surface area (Å²) in [6, 6.07) is 0. The van der Waals surface area contributed by atoms with Gasteiger partial charge >= 0.3 is 0 Å². The number of nitrogens with one attached hydrogen (secondary N) is 1. The lowest BCUT2D eigenvalue weighted by Gasteiger charge is -2.08. The Bertz CT molecular complexity index is 591. The van der Waals surface area contributed by atoms with Crippen molar-refractivity contribution in [3.8, 4) is 11.8 Å². The van der Waals surface area contributed by atoms with Gasteiger partial charge in [0.25, 0.3) is 0 Å². The first kappa shape index (κ1) is 36.9. The second-order valence-electron chi connectivity index (χ2n) is 9.73. The highest BCUT2D eigenvalue weighted by atomic mass is 32.2. The van der Waals surface area contributed by atoms with Crippen LogP contribution in [0.2, 0.25) is 0 Å². The van der Waals surface area contributed by atoms with Gasteiger partial charge in [0.05, 0.1) is 39.6 Å². The monoisotopic (exact) mass is 555 g/mol. The van der Waals surface area contributed by atoms with Gasteiger partial charge in [0.1, 0.15) is 0 Å². The topological polar surface area (TPSA) is 73.9 Å². The highest BCUT2D eigenvalue weighted by Gasteiger charge is 2.01. The summed E-state index contributed by atoms with van der Waals surface area (Å²) >= 11 is 1.27. The molecule has 222 valence electrons. The molecule has 0 aliphatic rings. The van der Waals surface area contributed by atoms with Crippen LogP contribution in [0.3, 0.4) is 0 Å². The Morgan fingerprint density at radius 1 is 0.632 bits per heavy atom. The second kappa shape index (κ2) is 32.1. The fourth-order valence-electron chi connectivity index (χ4n) is 3.87. The maximum absolute atomic E-state index is 11.9. The lowest BCUT2D eigenvalue weighted by Crippen LogP contribution is -2.27. The van der Waals surface area contributed by atoms with Crippen molar-refractivity contribution in [2.45, 2.75) is 123 Å². The number of hydrogen-bond acceptors (Lipinski definition) is 6. The number of carbonyl (C=O) groups is 2. The SMILES string of the molecule is CCCCCCCCCCC#CCCCCCCCCC(=O)NCCOCCOCCOCCSC(C)=O. The van der Waals surface area contributed by atoms with E-state index in [4.69, 9.17) is 14.2 Å². The van der Waals surface area contributed by atoms with Gasteiger partial charge < -0.3 is 19.5 Å². The molecule has 0 atom stereocenters. The van der Waals surface area contributed by atoms with Crippen LogP contribution < -0.4 is 5.32 Å². The molecule has 0 aromatic rings. The molecular weight excluding hydrogens is 498 g/mol. The maximum atomic E-state index is 11.9. The average molecular weight is 556 g/mol. The van der Waals surface area contributed by atoms with Gasteiger partial charge in [0.15, 0.2) is 5.12 Å². The van der Waals surface area contributed by atoms with Crippen LogP contribution >= 0.6 is 11.8 Å². The minimum absolute atomic E-state index is 0.108. The third-order valence-electron chi connectivity index (χ3n) is 6.08. The number of thioether (sulfide) groups is 1. The van der Waals surface area contributed by atoms with Crippen molar-refractivity contribution in [1.29, 1.82) is 0 Å². The average Bonchev–Trinajstić information content (AvgIpc) is 2.90. The van der Waals surface area contributed by atoms with Gasteiger partial charge in [-0.15, -0.1) is 11.8 Å². The van der Waals surface area contributed by atoms with Gasteiger partial charge in [-0.2, -0.15) is 0 Å². The van der Waals surface area contributed by atoms with Gasteiger partial charge in [-0.1, -0.05) is 89.3 Å². The molecule has 0 heterocycles. The Morgan fingerprint density at radius 2 is 1.11 bits per heavy atom. The Morgan fingerprint density at radius 3 is 1.66 bits per heavy atom. The van der Waals surface area contributed by atoms with E-state index in [1.54, 1.807) is 6.92 Å². The molecule has 7 heteroatoms. The second-order valence-corrected chi connectivity index (χ2v) is 11.0. The van der Waals surface area contributed by atoms with Gasteiger partial charge in [-0.3, -0.25) is 9.59 Å². The van der Waals surface area contributed by atoms with Crippen LogP contribution in [0.1, 0.15) is 123 Å². The van der Waals surface area contributed by atoms with Crippen LogP contribution in [0.15, 0.2) is 0 Å². The minimum Gasteiger partial charge on any atom is -0.378 e. The van der Waals surface area contributed by atoms with E-state index in [1.807, 2.05) is 0 Å². The third-order valence-corrected chi connectivity index (χ3v) is 6.86. The van der Waals surface area contributed by atoms with Crippen LogP contribution in [0.4, 0.5) is 0 Å². The molecule has 0 fully saturated rings. The Kier molecular flexibility index (Phi) is 31.2. The summed E-state index contributed by atoms with van der Waals surface area (Å²) in [7, 11) is 0. The number of carbonyl (C=O) groups excluding carboxylic acids is 2. The number of ether oxygens (including phenoxy) is 3. The summed E-state index contributed by atoms with van der Waals surface area (Å²) in [5.74, 6) is 7.47. The first-order valence-corrected chi connectivity index (χ1v) is 16.2. The summed E-state index contributed by atoms with van der Waals surface area (Å²) < 4.78 is 16.2. The van der Waals surface area contributed by atoms with Crippen LogP contribution in [0, 0.1) is 11.8 Å². The quantitative estimate of drug-likeness (QED) is 0.0821. The van der Waals surface area contributed by atoms with E-state index in [1.165, 1.54) is 88.8 Å². The molecule has 0 unspecified atom stereocenters. The normalized spacial score (nSPS) is 10.8. The summed E-state index contributed by atoms with van der Waals surface area (Å²) in [5, 5.41) is 3.02. The van der Waals surface area contributed by atoms with E-state index in [-0.39, 0.29) is 11.0 Å². The summed E-state index contributed by atoms with van der Waals surface area (Å²) in [5.41, 5.74) is 0. The lowest BCUT2D eigenvalue weighted by molar-refractivity contribution is -0.121. The smallest absolute Gasteiger partial charge is 0.220 e. The summed E-state index contributed by atoms with van der Waals surface area (Å²) in [6.07, 6.45) is 20.5. The molecule has 0 radical (unpaired) electrons. The highest BCUT2D eigenvalue weighted by molar-refractivity contribution is 8.13. The number of hydrogen-bond donors (Lipinski definition) is 1. The molecule has 0 rings (SSSR count). The lowest BCUT2D eigenvalue weighted by atomic mass is 10.1. The largest absolute Gasteiger partial charge is 0.378 e. The van der Waals surface area contributed by atoms with Gasteiger partial charge in [-0.25, -0.2) is 0 Å². The van der Waals surface area contributed by atoms with Crippen molar-refractivity contribution >= 4 is 22.8 Å². The first-order chi connectivity index (χ1) is 18.7. The molecule has 0 aromatic carbocycles. The zero-order chi connectivity index (χ0) is 27.8. The van der Waals surface area contributed by atoms with E-state index in [0.717, 1.165) is 25.7 Å². The fourth-order valence-corrected chi connectivity index (χ4v) is 4.36. The molecule has 0 aliphatic heterocycles. The van der Waals surface area contributed by atoms with Crippen molar-refractivity contribution in [3.63, 3.8) is 0 Å². The summed E-state index contributed by atoms with van der Waals surface area (Å²) in [4.78, 5) is 22.7. The molecular formula is C31H57NO5S. The molecule has 0 aromatic heterocycles. The van der Waals surface area contributed by atoms with Crippen LogP contribution in [-0.2, 0) is 23.8 Å². The maximum Gasteiger partial charge on any atom is 0.220 e. The van der Waals surface area contributed by atoms with E-state index < -0.39 is 0 Å². The van der Waals surface area contributed by atoms with Crippen LogP contribution in [-0.4, -0.2) is 63.0 Å². The third kappa shape index (κ3) is 33.0. The highest BCUT2D eigenvalue weighted by Crippen LogP contribution is 2.10. The Balaban J connectivity index is 3.22. The molecule has 1 N–H and O–H groups in total. The molecule has 0 spiro atoms. The van der Waals surface area contributed by atoms with Crippen molar-refractivity contribution < 1.29 is 23.8 Å². The Labute approximate surface area is 238 Å². The predicted molar refractivity (Wildman–Crippen MR) is 161 cm³/mol. The van der Waals surface area contributed by atoms with Crippen molar-refractivity contribution in [3.05, 3.63) is 0 Å². The van der Waals surface area contributed by atoms with Crippen molar-refractivity contribution in [2.24, 2.45) is 0 Å². The van der Waals surface area contributed by atoms with Crippen LogP contribution in [0.25, 0.3) is 0 Å². The van der Waals surface area contributed by atoms with Gasteiger partial charge in [-0.05, 0) is 19.3 Å². The number of amides is 1.